The standard InChI is InChI=1S/C19H19ClF3N5O.H2/c20-13-8-25-17-15(13)16(26-10-27-17)12-6-14(24-7-12)18(29)28(5-4-19(21,22)23)9-11-2-1-3-11;/h6-8,10-11,24H,1-5,9H2,(H,25,26,27);1H. The van der Waals surface area contributed by atoms with Crippen molar-refractivity contribution in [3.05, 3.63) is 35.5 Å². The molecule has 1 aliphatic carbocycles. The minimum atomic E-state index is -4.31. The number of rotatable bonds is 6. The molecule has 10 heteroatoms. The highest BCUT2D eigenvalue weighted by atomic mass is 35.5. The molecule has 0 aliphatic heterocycles. The monoisotopic (exact) mass is 427 g/mol. The van der Waals surface area contributed by atoms with Crippen LogP contribution in [0, 0.1) is 5.92 Å². The Morgan fingerprint density at radius 3 is 2.76 bits per heavy atom. The lowest BCUT2D eigenvalue weighted by Crippen LogP contribution is -2.39. The van der Waals surface area contributed by atoms with Crippen molar-refractivity contribution in [3.63, 3.8) is 0 Å². The molecule has 0 aromatic carbocycles. The maximum Gasteiger partial charge on any atom is 0.390 e. The van der Waals surface area contributed by atoms with Gasteiger partial charge in [0, 0.05) is 32.5 Å². The molecule has 1 fully saturated rings. The molecule has 0 atom stereocenters. The maximum atomic E-state index is 12.9. The van der Waals surface area contributed by atoms with Crippen LogP contribution in [0.3, 0.4) is 0 Å². The summed E-state index contributed by atoms with van der Waals surface area (Å²) in [7, 11) is 0. The van der Waals surface area contributed by atoms with Gasteiger partial charge in [0.25, 0.3) is 5.91 Å². The number of aromatic nitrogens is 4. The van der Waals surface area contributed by atoms with E-state index < -0.39 is 18.5 Å². The first kappa shape index (κ1) is 19.8. The second-order valence-corrected chi connectivity index (χ2v) is 7.70. The number of carbonyl (C=O) groups is 1. The summed E-state index contributed by atoms with van der Waals surface area (Å²) in [6, 6.07) is 1.59. The average Bonchev–Trinajstić information content (AvgIpc) is 3.26. The Morgan fingerprint density at radius 1 is 1.28 bits per heavy atom. The molecule has 156 valence electrons. The lowest BCUT2D eigenvalue weighted by molar-refractivity contribution is -0.137. The zero-order valence-corrected chi connectivity index (χ0v) is 16.1. The number of hydrogen-bond donors (Lipinski definition) is 2. The topological polar surface area (TPSA) is 77.7 Å². The van der Waals surface area contributed by atoms with E-state index in [-0.39, 0.29) is 19.6 Å². The van der Waals surface area contributed by atoms with E-state index in [1.807, 2.05) is 0 Å². The Labute approximate surface area is 171 Å². The normalized spacial score (nSPS) is 14.9. The number of nitrogens with one attached hydrogen (secondary N) is 2. The van der Waals surface area contributed by atoms with Crippen LogP contribution in [0.4, 0.5) is 13.2 Å². The molecule has 1 aliphatic rings. The molecule has 0 spiro atoms. The number of nitrogens with zero attached hydrogens (tertiary/aromatic N) is 3. The molecule has 3 aromatic rings. The molecule has 2 N–H and O–H groups in total. The third-order valence-corrected chi connectivity index (χ3v) is 5.56. The largest absolute Gasteiger partial charge is 0.390 e. The number of aromatic amines is 2. The highest BCUT2D eigenvalue weighted by molar-refractivity contribution is 6.36. The van der Waals surface area contributed by atoms with E-state index in [9.17, 15) is 18.0 Å². The van der Waals surface area contributed by atoms with Gasteiger partial charge in [0.15, 0.2) is 0 Å². The lowest BCUT2D eigenvalue weighted by atomic mass is 9.85. The Bertz CT molecular complexity index is 1030. The van der Waals surface area contributed by atoms with Crippen molar-refractivity contribution in [3.8, 4) is 11.3 Å². The van der Waals surface area contributed by atoms with E-state index in [1.54, 1.807) is 18.5 Å². The van der Waals surface area contributed by atoms with Gasteiger partial charge >= 0.3 is 6.18 Å². The van der Waals surface area contributed by atoms with Crippen molar-refractivity contribution in [2.24, 2.45) is 5.92 Å². The van der Waals surface area contributed by atoms with Gasteiger partial charge in [-0.15, -0.1) is 0 Å². The molecule has 0 unspecified atom stereocenters. The number of H-pyrrole nitrogens is 2. The molecular formula is C19H21ClF3N5O. The SMILES string of the molecule is O=C(c1cc(-c2ncnc3[nH]cc(Cl)c23)c[nH]1)N(CCC(F)(F)F)CC1CCC1.[HH]. The quantitative estimate of drug-likeness (QED) is 0.578. The highest BCUT2D eigenvalue weighted by Crippen LogP contribution is 2.32. The highest BCUT2D eigenvalue weighted by Gasteiger charge is 2.31. The molecule has 0 radical (unpaired) electrons. The summed E-state index contributed by atoms with van der Waals surface area (Å²) in [5.41, 5.74) is 1.94. The third kappa shape index (κ3) is 4.24. The Balaban J connectivity index is 0.00000256. The number of carbonyl (C=O) groups excluding carboxylic acids is 1. The van der Waals surface area contributed by atoms with Crippen molar-refractivity contribution < 1.29 is 19.4 Å². The van der Waals surface area contributed by atoms with E-state index in [4.69, 9.17) is 11.6 Å². The smallest absolute Gasteiger partial charge is 0.357 e. The van der Waals surface area contributed by atoms with Crippen LogP contribution in [-0.2, 0) is 0 Å². The van der Waals surface area contributed by atoms with Gasteiger partial charge in [0.05, 0.1) is 22.5 Å². The van der Waals surface area contributed by atoms with Gasteiger partial charge in [-0.25, -0.2) is 9.97 Å². The Hall–Kier alpha value is -2.55. The number of hydrogen-bond acceptors (Lipinski definition) is 3. The fraction of sp³-hybridized carbons (Fsp3) is 0.421. The first-order chi connectivity index (χ1) is 13.8. The second kappa shape index (κ2) is 7.70. The van der Waals surface area contributed by atoms with Gasteiger partial charge in [-0.3, -0.25) is 4.79 Å². The van der Waals surface area contributed by atoms with Gasteiger partial charge in [0.1, 0.15) is 17.7 Å². The van der Waals surface area contributed by atoms with Crippen molar-refractivity contribution in [2.75, 3.05) is 13.1 Å². The van der Waals surface area contributed by atoms with E-state index in [0.717, 1.165) is 19.3 Å². The van der Waals surface area contributed by atoms with Crippen LogP contribution in [0.25, 0.3) is 22.3 Å². The van der Waals surface area contributed by atoms with Crippen molar-refractivity contribution in [2.45, 2.75) is 31.9 Å². The van der Waals surface area contributed by atoms with Crippen LogP contribution >= 0.6 is 11.6 Å². The van der Waals surface area contributed by atoms with Gasteiger partial charge in [-0.1, -0.05) is 18.0 Å². The predicted molar refractivity (Wildman–Crippen MR) is 105 cm³/mol. The number of alkyl halides is 3. The van der Waals surface area contributed by atoms with Crippen LogP contribution < -0.4 is 0 Å². The van der Waals surface area contributed by atoms with Crippen molar-refractivity contribution >= 4 is 28.5 Å². The zero-order valence-electron chi connectivity index (χ0n) is 15.4. The lowest BCUT2D eigenvalue weighted by Gasteiger charge is -2.32. The fourth-order valence-electron chi connectivity index (χ4n) is 3.49. The van der Waals surface area contributed by atoms with Crippen molar-refractivity contribution in [1.82, 2.24) is 24.8 Å². The molecule has 3 heterocycles. The summed E-state index contributed by atoms with van der Waals surface area (Å²) in [5, 5.41) is 1.07. The second-order valence-electron chi connectivity index (χ2n) is 7.30. The Morgan fingerprint density at radius 2 is 2.07 bits per heavy atom. The predicted octanol–water partition coefficient (Wildman–Crippen LogP) is 5.05. The van der Waals surface area contributed by atoms with Crippen LogP contribution in [0.1, 0.15) is 37.6 Å². The first-order valence-corrected chi connectivity index (χ1v) is 9.72. The molecule has 1 amide bonds. The van der Waals surface area contributed by atoms with Crippen molar-refractivity contribution in [1.29, 1.82) is 0 Å². The summed E-state index contributed by atoms with van der Waals surface area (Å²) < 4.78 is 38.2. The zero-order chi connectivity index (χ0) is 20.6. The van der Waals surface area contributed by atoms with E-state index in [1.165, 1.54) is 11.2 Å². The van der Waals surface area contributed by atoms with E-state index in [0.29, 0.717) is 33.9 Å². The average molecular weight is 428 g/mol. The molecule has 6 nitrogen and oxygen atoms in total. The van der Waals surface area contributed by atoms with Gasteiger partial charge in [-0.05, 0) is 24.8 Å². The summed E-state index contributed by atoms with van der Waals surface area (Å²) >= 11 is 6.21. The summed E-state index contributed by atoms with van der Waals surface area (Å²) in [6.07, 6.45) is 2.18. The van der Waals surface area contributed by atoms with Crippen LogP contribution in [0.15, 0.2) is 24.8 Å². The molecule has 0 saturated heterocycles. The fourth-order valence-corrected chi connectivity index (χ4v) is 3.73. The molecule has 29 heavy (non-hydrogen) atoms. The number of halogens is 4. The number of amides is 1. The minimum Gasteiger partial charge on any atom is -0.357 e. The molecule has 0 bridgehead atoms. The van der Waals surface area contributed by atoms with Crippen LogP contribution in [0.5, 0.6) is 0 Å². The minimum absolute atomic E-state index is 0. The van der Waals surface area contributed by atoms with Gasteiger partial charge in [0.2, 0.25) is 0 Å². The first-order valence-electron chi connectivity index (χ1n) is 9.34. The summed E-state index contributed by atoms with van der Waals surface area (Å²) in [4.78, 5) is 28.4. The molecule has 4 rings (SSSR count). The molecule has 1 saturated carbocycles. The van der Waals surface area contributed by atoms with Gasteiger partial charge < -0.3 is 14.9 Å². The number of fused-ring (bicyclic) bond motifs is 1. The van der Waals surface area contributed by atoms with E-state index in [2.05, 4.69) is 19.9 Å². The van der Waals surface area contributed by atoms with E-state index >= 15 is 0 Å². The van der Waals surface area contributed by atoms with Crippen LogP contribution in [-0.4, -0.2) is 50.0 Å². The maximum absolute atomic E-state index is 12.9. The third-order valence-electron chi connectivity index (χ3n) is 5.26. The Kier molecular flexibility index (Phi) is 5.24. The summed E-state index contributed by atoms with van der Waals surface area (Å²) in [5.74, 6) is -0.181. The summed E-state index contributed by atoms with van der Waals surface area (Å²) in [6.45, 7) is -0.0146. The van der Waals surface area contributed by atoms with Crippen LogP contribution in [0.2, 0.25) is 5.02 Å². The molecule has 3 aromatic heterocycles. The van der Waals surface area contributed by atoms with Gasteiger partial charge in [-0.2, -0.15) is 13.2 Å². The molecular weight excluding hydrogens is 407 g/mol.